The van der Waals surface area contributed by atoms with E-state index in [0.29, 0.717) is 0 Å². The minimum absolute atomic E-state index is 0.914. The lowest BCUT2D eigenvalue weighted by Crippen LogP contribution is -2.26. The van der Waals surface area contributed by atoms with Crippen LogP contribution in [0.2, 0.25) is 0 Å². The SMILES string of the molecule is CCc1nc(CC)n(CCNCC2CCCC2)n1. The molecule has 0 atom stereocenters. The van der Waals surface area contributed by atoms with Crippen molar-refractivity contribution in [3.63, 3.8) is 0 Å². The van der Waals surface area contributed by atoms with Crippen LogP contribution in [0.4, 0.5) is 0 Å². The van der Waals surface area contributed by atoms with E-state index in [2.05, 4.69) is 33.9 Å². The van der Waals surface area contributed by atoms with E-state index in [4.69, 9.17) is 0 Å². The highest BCUT2D eigenvalue weighted by molar-refractivity contribution is 4.92. The van der Waals surface area contributed by atoms with Gasteiger partial charge in [0.05, 0.1) is 6.54 Å². The quantitative estimate of drug-likeness (QED) is 0.754. The molecular formula is C14H26N4. The van der Waals surface area contributed by atoms with Gasteiger partial charge in [0.2, 0.25) is 0 Å². The summed E-state index contributed by atoms with van der Waals surface area (Å²) < 4.78 is 2.07. The summed E-state index contributed by atoms with van der Waals surface area (Å²) in [5, 5.41) is 8.10. The second kappa shape index (κ2) is 6.88. The molecule has 1 aliphatic rings. The lowest BCUT2D eigenvalue weighted by atomic mass is 10.1. The van der Waals surface area contributed by atoms with Crippen LogP contribution in [0.3, 0.4) is 0 Å². The summed E-state index contributed by atoms with van der Waals surface area (Å²) >= 11 is 0. The van der Waals surface area contributed by atoms with E-state index in [1.165, 1.54) is 32.2 Å². The zero-order chi connectivity index (χ0) is 12.8. The minimum Gasteiger partial charge on any atom is -0.315 e. The Kier molecular flexibility index (Phi) is 5.17. The zero-order valence-electron chi connectivity index (χ0n) is 11.8. The molecule has 0 amide bonds. The van der Waals surface area contributed by atoms with Crippen molar-refractivity contribution in [2.45, 2.75) is 58.9 Å². The van der Waals surface area contributed by atoms with Crippen LogP contribution in [-0.2, 0) is 19.4 Å². The van der Waals surface area contributed by atoms with Gasteiger partial charge >= 0.3 is 0 Å². The van der Waals surface area contributed by atoms with Crippen molar-refractivity contribution in [3.05, 3.63) is 11.6 Å². The first-order valence-electron chi connectivity index (χ1n) is 7.46. The molecule has 0 aliphatic heterocycles. The Morgan fingerprint density at radius 3 is 2.67 bits per heavy atom. The average Bonchev–Trinajstić information content (AvgIpc) is 3.03. The molecule has 0 bridgehead atoms. The highest BCUT2D eigenvalue weighted by atomic mass is 15.3. The molecule has 1 fully saturated rings. The van der Waals surface area contributed by atoms with Crippen LogP contribution in [0.5, 0.6) is 0 Å². The second-order valence-corrected chi connectivity index (χ2v) is 5.23. The average molecular weight is 250 g/mol. The summed E-state index contributed by atoms with van der Waals surface area (Å²) in [5.41, 5.74) is 0. The molecule has 1 aliphatic carbocycles. The third-order valence-electron chi connectivity index (χ3n) is 3.83. The van der Waals surface area contributed by atoms with Crippen molar-refractivity contribution in [2.24, 2.45) is 5.92 Å². The van der Waals surface area contributed by atoms with Crippen LogP contribution in [-0.4, -0.2) is 27.9 Å². The van der Waals surface area contributed by atoms with Crippen LogP contribution >= 0.6 is 0 Å². The molecule has 1 N–H and O–H groups in total. The maximum absolute atomic E-state index is 4.53. The molecule has 2 rings (SSSR count). The van der Waals surface area contributed by atoms with Gasteiger partial charge in [-0.15, -0.1) is 0 Å². The van der Waals surface area contributed by atoms with Crippen LogP contribution in [0, 0.1) is 5.92 Å². The number of aromatic nitrogens is 3. The van der Waals surface area contributed by atoms with Crippen LogP contribution in [0.25, 0.3) is 0 Å². The number of hydrogen-bond donors (Lipinski definition) is 1. The van der Waals surface area contributed by atoms with Crippen LogP contribution in [0.15, 0.2) is 0 Å². The Morgan fingerprint density at radius 1 is 1.22 bits per heavy atom. The van der Waals surface area contributed by atoms with Crippen molar-refractivity contribution >= 4 is 0 Å². The Bertz CT molecular complexity index is 353. The molecular weight excluding hydrogens is 224 g/mol. The Morgan fingerprint density at radius 2 is 2.00 bits per heavy atom. The summed E-state index contributed by atoms with van der Waals surface area (Å²) in [5.74, 6) is 3.01. The Balaban J connectivity index is 1.73. The molecule has 102 valence electrons. The molecule has 18 heavy (non-hydrogen) atoms. The van der Waals surface area contributed by atoms with E-state index in [1.807, 2.05) is 0 Å². The maximum Gasteiger partial charge on any atom is 0.150 e. The molecule has 0 unspecified atom stereocenters. The molecule has 0 spiro atoms. The van der Waals surface area contributed by atoms with Crippen molar-refractivity contribution in [3.8, 4) is 0 Å². The van der Waals surface area contributed by atoms with E-state index in [-0.39, 0.29) is 0 Å². The summed E-state index contributed by atoms with van der Waals surface area (Å²) in [7, 11) is 0. The molecule has 0 radical (unpaired) electrons. The summed E-state index contributed by atoms with van der Waals surface area (Å²) in [4.78, 5) is 4.53. The Hall–Kier alpha value is -0.900. The topological polar surface area (TPSA) is 42.7 Å². The number of hydrogen-bond acceptors (Lipinski definition) is 3. The van der Waals surface area contributed by atoms with Gasteiger partial charge in [-0.2, -0.15) is 5.10 Å². The lowest BCUT2D eigenvalue weighted by molar-refractivity contribution is 0.462. The normalized spacial score (nSPS) is 16.6. The van der Waals surface area contributed by atoms with Gasteiger partial charge in [-0.3, -0.25) is 0 Å². The summed E-state index contributed by atoms with van der Waals surface area (Å²) in [6.45, 7) is 7.39. The van der Waals surface area contributed by atoms with Crippen molar-refractivity contribution in [1.82, 2.24) is 20.1 Å². The number of nitrogens with one attached hydrogen (secondary N) is 1. The van der Waals surface area contributed by atoms with Gasteiger partial charge < -0.3 is 5.32 Å². The number of nitrogens with zero attached hydrogens (tertiary/aromatic N) is 3. The van der Waals surface area contributed by atoms with E-state index < -0.39 is 0 Å². The van der Waals surface area contributed by atoms with E-state index >= 15 is 0 Å². The van der Waals surface area contributed by atoms with Gasteiger partial charge in [0.15, 0.2) is 5.82 Å². The van der Waals surface area contributed by atoms with Gasteiger partial charge in [-0.05, 0) is 25.3 Å². The van der Waals surface area contributed by atoms with Gasteiger partial charge in [0.25, 0.3) is 0 Å². The van der Waals surface area contributed by atoms with E-state index in [9.17, 15) is 0 Å². The Labute approximate surface area is 110 Å². The van der Waals surface area contributed by atoms with E-state index in [1.54, 1.807) is 0 Å². The molecule has 0 saturated heterocycles. The smallest absolute Gasteiger partial charge is 0.150 e. The monoisotopic (exact) mass is 250 g/mol. The van der Waals surface area contributed by atoms with Crippen LogP contribution in [0.1, 0.15) is 51.2 Å². The zero-order valence-corrected chi connectivity index (χ0v) is 11.8. The third-order valence-corrected chi connectivity index (χ3v) is 3.83. The largest absolute Gasteiger partial charge is 0.315 e. The fourth-order valence-corrected chi connectivity index (χ4v) is 2.72. The van der Waals surface area contributed by atoms with Crippen molar-refractivity contribution in [2.75, 3.05) is 13.1 Å². The fourth-order valence-electron chi connectivity index (χ4n) is 2.72. The number of rotatable bonds is 7. The molecule has 4 heteroatoms. The summed E-state index contributed by atoms with van der Waals surface area (Å²) in [6.07, 6.45) is 7.57. The molecule has 1 saturated carbocycles. The highest BCUT2D eigenvalue weighted by Gasteiger charge is 2.14. The molecule has 1 heterocycles. The van der Waals surface area contributed by atoms with Gasteiger partial charge in [0, 0.05) is 19.4 Å². The minimum atomic E-state index is 0.914. The van der Waals surface area contributed by atoms with E-state index in [0.717, 1.165) is 43.5 Å². The standard InChI is InChI=1S/C14H26N4/c1-3-13-16-14(4-2)18(17-13)10-9-15-11-12-7-5-6-8-12/h12,15H,3-11H2,1-2H3. The summed E-state index contributed by atoms with van der Waals surface area (Å²) in [6, 6.07) is 0. The molecule has 4 nitrogen and oxygen atoms in total. The van der Waals surface area contributed by atoms with Crippen molar-refractivity contribution < 1.29 is 0 Å². The van der Waals surface area contributed by atoms with Crippen molar-refractivity contribution in [1.29, 1.82) is 0 Å². The predicted molar refractivity (Wildman–Crippen MR) is 73.6 cm³/mol. The van der Waals surface area contributed by atoms with Gasteiger partial charge in [0.1, 0.15) is 5.82 Å². The van der Waals surface area contributed by atoms with Gasteiger partial charge in [-0.25, -0.2) is 9.67 Å². The number of aryl methyl sites for hydroxylation is 2. The predicted octanol–water partition coefficient (Wildman–Crippen LogP) is 2.18. The maximum atomic E-state index is 4.53. The van der Waals surface area contributed by atoms with Crippen LogP contribution < -0.4 is 5.32 Å². The highest BCUT2D eigenvalue weighted by Crippen LogP contribution is 2.23. The third kappa shape index (κ3) is 3.55. The lowest BCUT2D eigenvalue weighted by Gasteiger charge is -2.10. The molecule has 1 aromatic heterocycles. The fraction of sp³-hybridized carbons (Fsp3) is 0.857. The molecule has 1 aromatic rings. The first-order valence-corrected chi connectivity index (χ1v) is 7.46. The first kappa shape index (κ1) is 13.5. The second-order valence-electron chi connectivity index (χ2n) is 5.23. The first-order chi connectivity index (χ1) is 8.83. The molecule has 0 aromatic carbocycles. The van der Waals surface area contributed by atoms with Gasteiger partial charge in [-0.1, -0.05) is 26.7 Å².